The summed E-state index contributed by atoms with van der Waals surface area (Å²) in [6.07, 6.45) is 4.04. The van der Waals surface area contributed by atoms with Gasteiger partial charge in [-0.3, -0.25) is 10.1 Å². The number of carbonyl (C=O) groups excluding carboxylic acids is 2. The van der Waals surface area contributed by atoms with Gasteiger partial charge in [0.05, 0.1) is 0 Å². The van der Waals surface area contributed by atoms with Crippen molar-refractivity contribution >= 4 is 11.9 Å². The van der Waals surface area contributed by atoms with Gasteiger partial charge in [0, 0.05) is 6.04 Å². The van der Waals surface area contributed by atoms with E-state index in [1.54, 1.807) is 4.90 Å². The number of rotatable bonds is 0. The quantitative estimate of drug-likeness (QED) is 0.582. The van der Waals surface area contributed by atoms with Gasteiger partial charge in [-0.15, -0.1) is 0 Å². The van der Waals surface area contributed by atoms with Crippen LogP contribution < -0.4 is 5.32 Å². The average Bonchev–Trinajstić information content (AvgIpc) is 2.65. The van der Waals surface area contributed by atoms with Crippen molar-refractivity contribution in [2.45, 2.75) is 44.2 Å². The first-order chi connectivity index (χ1) is 6.66. The van der Waals surface area contributed by atoms with Crippen LogP contribution in [-0.4, -0.2) is 28.4 Å². The zero-order chi connectivity index (χ0) is 9.92. The maximum Gasteiger partial charge on any atom is 0.325 e. The molecule has 3 atom stereocenters. The number of imide groups is 1. The second kappa shape index (κ2) is 2.30. The molecule has 3 aliphatic rings. The van der Waals surface area contributed by atoms with Gasteiger partial charge in [0.2, 0.25) is 0 Å². The van der Waals surface area contributed by atoms with Crippen LogP contribution >= 0.6 is 0 Å². The van der Waals surface area contributed by atoms with Gasteiger partial charge in [-0.2, -0.15) is 0 Å². The molecule has 3 fully saturated rings. The van der Waals surface area contributed by atoms with Crippen LogP contribution in [0.2, 0.25) is 0 Å². The lowest BCUT2D eigenvalue weighted by Gasteiger charge is -2.29. The summed E-state index contributed by atoms with van der Waals surface area (Å²) in [5.74, 6) is 0.360. The van der Waals surface area contributed by atoms with E-state index in [0.717, 1.165) is 25.7 Å². The van der Waals surface area contributed by atoms with Crippen molar-refractivity contribution in [3.05, 3.63) is 0 Å². The minimum absolute atomic E-state index is 0.0469. The molecule has 1 saturated carbocycles. The van der Waals surface area contributed by atoms with Gasteiger partial charge in [0.15, 0.2) is 0 Å². The summed E-state index contributed by atoms with van der Waals surface area (Å²) in [6.45, 7) is 2.04. The lowest BCUT2D eigenvalue weighted by atomic mass is 9.88. The minimum atomic E-state index is -0.448. The fourth-order valence-corrected chi connectivity index (χ4v) is 3.66. The Morgan fingerprint density at radius 3 is 3.07 bits per heavy atom. The molecule has 2 aliphatic heterocycles. The summed E-state index contributed by atoms with van der Waals surface area (Å²) in [5, 5.41) is 2.46. The SMILES string of the molecule is C[C@@H]1C[C@@H]2CCC[C@@]23C(=O)NC(=O)N13. The molecule has 76 valence electrons. The minimum Gasteiger partial charge on any atom is -0.307 e. The Morgan fingerprint density at radius 1 is 1.50 bits per heavy atom. The lowest BCUT2D eigenvalue weighted by Crippen LogP contribution is -2.48. The van der Waals surface area contributed by atoms with E-state index in [2.05, 4.69) is 5.32 Å². The predicted molar refractivity (Wildman–Crippen MR) is 49.5 cm³/mol. The number of carbonyl (C=O) groups is 2. The molecule has 3 rings (SSSR count). The Bertz CT molecular complexity index is 328. The summed E-state index contributed by atoms with van der Waals surface area (Å²) in [6, 6.07) is 0.0543. The van der Waals surface area contributed by atoms with Gasteiger partial charge in [-0.05, 0) is 32.1 Å². The molecule has 4 heteroatoms. The summed E-state index contributed by atoms with van der Waals surface area (Å²) >= 11 is 0. The monoisotopic (exact) mass is 194 g/mol. The van der Waals surface area contributed by atoms with Crippen LogP contribution in [-0.2, 0) is 4.79 Å². The van der Waals surface area contributed by atoms with E-state index in [9.17, 15) is 9.59 Å². The zero-order valence-electron chi connectivity index (χ0n) is 8.25. The first-order valence-corrected chi connectivity index (χ1v) is 5.31. The highest BCUT2D eigenvalue weighted by Gasteiger charge is 2.64. The third-order valence-corrected chi connectivity index (χ3v) is 4.11. The Labute approximate surface area is 82.6 Å². The van der Waals surface area contributed by atoms with Gasteiger partial charge >= 0.3 is 6.03 Å². The van der Waals surface area contributed by atoms with E-state index in [-0.39, 0.29) is 18.0 Å². The topological polar surface area (TPSA) is 49.4 Å². The highest BCUT2D eigenvalue weighted by Crippen LogP contribution is 2.51. The summed E-state index contributed by atoms with van der Waals surface area (Å²) in [4.78, 5) is 25.2. The molecule has 2 heterocycles. The van der Waals surface area contributed by atoms with Crippen LogP contribution in [0.15, 0.2) is 0 Å². The normalized spacial score (nSPS) is 45.4. The zero-order valence-corrected chi connectivity index (χ0v) is 8.25. The number of amides is 3. The average molecular weight is 194 g/mol. The highest BCUT2D eigenvalue weighted by molar-refractivity contribution is 6.08. The van der Waals surface area contributed by atoms with E-state index in [4.69, 9.17) is 0 Å². The van der Waals surface area contributed by atoms with E-state index in [1.165, 1.54) is 0 Å². The van der Waals surface area contributed by atoms with Crippen molar-refractivity contribution in [1.82, 2.24) is 10.2 Å². The number of nitrogens with one attached hydrogen (secondary N) is 1. The van der Waals surface area contributed by atoms with E-state index < -0.39 is 5.54 Å². The maximum absolute atomic E-state index is 11.8. The Balaban J connectivity index is 2.11. The fourth-order valence-electron chi connectivity index (χ4n) is 3.66. The van der Waals surface area contributed by atoms with Crippen molar-refractivity contribution in [2.75, 3.05) is 0 Å². The summed E-state index contributed by atoms with van der Waals surface area (Å²) in [5.41, 5.74) is -0.448. The van der Waals surface area contributed by atoms with Crippen molar-refractivity contribution in [1.29, 1.82) is 0 Å². The molecular formula is C10H14N2O2. The van der Waals surface area contributed by atoms with Crippen LogP contribution in [0, 0.1) is 5.92 Å². The third kappa shape index (κ3) is 0.678. The molecule has 4 nitrogen and oxygen atoms in total. The Morgan fingerprint density at radius 2 is 2.29 bits per heavy atom. The molecule has 0 aromatic rings. The Kier molecular flexibility index (Phi) is 1.36. The van der Waals surface area contributed by atoms with E-state index >= 15 is 0 Å². The lowest BCUT2D eigenvalue weighted by molar-refractivity contribution is -0.126. The standard InChI is InChI=1S/C10H14N2O2/c1-6-5-7-3-2-4-10(7)8(13)11-9(14)12(6)10/h6-7H,2-5H2,1H3,(H,11,13,14)/t6-,7+,10+/m1/s1. The molecule has 1 N–H and O–H groups in total. The molecule has 0 radical (unpaired) electrons. The number of hydrogen-bond acceptors (Lipinski definition) is 2. The van der Waals surface area contributed by atoms with Crippen LogP contribution in [0.1, 0.15) is 32.6 Å². The largest absolute Gasteiger partial charge is 0.325 e. The van der Waals surface area contributed by atoms with Crippen molar-refractivity contribution in [3.8, 4) is 0 Å². The number of nitrogens with zero attached hydrogens (tertiary/aromatic N) is 1. The predicted octanol–water partition coefficient (Wildman–Crippen LogP) is 0.869. The van der Waals surface area contributed by atoms with Crippen LogP contribution in [0.25, 0.3) is 0 Å². The molecule has 0 aromatic heterocycles. The van der Waals surface area contributed by atoms with Crippen LogP contribution in [0.5, 0.6) is 0 Å². The molecule has 1 spiro atoms. The first-order valence-electron chi connectivity index (χ1n) is 5.31. The second-order valence-electron chi connectivity index (χ2n) is 4.73. The van der Waals surface area contributed by atoms with Crippen molar-refractivity contribution < 1.29 is 9.59 Å². The molecule has 2 saturated heterocycles. The molecular weight excluding hydrogens is 180 g/mol. The smallest absolute Gasteiger partial charge is 0.307 e. The van der Waals surface area contributed by atoms with Gasteiger partial charge in [-0.1, -0.05) is 6.42 Å². The van der Waals surface area contributed by atoms with Crippen molar-refractivity contribution in [3.63, 3.8) is 0 Å². The maximum atomic E-state index is 11.8. The van der Waals surface area contributed by atoms with Gasteiger partial charge in [-0.25, -0.2) is 4.79 Å². The second-order valence-corrected chi connectivity index (χ2v) is 4.73. The number of hydrogen-bond donors (Lipinski definition) is 1. The van der Waals surface area contributed by atoms with Crippen molar-refractivity contribution in [2.24, 2.45) is 5.92 Å². The molecule has 0 bridgehead atoms. The van der Waals surface area contributed by atoms with E-state index in [1.807, 2.05) is 6.92 Å². The van der Waals surface area contributed by atoms with Crippen LogP contribution in [0.4, 0.5) is 4.79 Å². The summed E-state index contributed by atoms with van der Waals surface area (Å²) < 4.78 is 0. The fraction of sp³-hybridized carbons (Fsp3) is 0.800. The van der Waals surface area contributed by atoms with Crippen LogP contribution in [0.3, 0.4) is 0 Å². The van der Waals surface area contributed by atoms with E-state index in [0.29, 0.717) is 5.92 Å². The number of urea groups is 1. The first kappa shape index (κ1) is 8.26. The molecule has 14 heavy (non-hydrogen) atoms. The molecule has 1 aliphatic carbocycles. The third-order valence-electron chi connectivity index (χ3n) is 4.11. The Hall–Kier alpha value is -1.06. The van der Waals surface area contributed by atoms with Gasteiger partial charge in [0.1, 0.15) is 5.54 Å². The summed E-state index contributed by atoms with van der Waals surface area (Å²) in [7, 11) is 0. The highest BCUT2D eigenvalue weighted by atomic mass is 16.2. The van der Waals surface area contributed by atoms with Gasteiger partial charge < -0.3 is 4.90 Å². The molecule has 3 amide bonds. The molecule has 0 unspecified atom stereocenters. The molecule has 0 aromatic carbocycles. The van der Waals surface area contributed by atoms with Gasteiger partial charge in [0.25, 0.3) is 5.91 Å².